The zero-order valence-corrected chi connectivity index (χ0v) is 6.28. The van der Waals surface area contributed by atoms with Crippen LogP contribution in [0.25, 0.3) is 0 Å². The maximum absolute atomic E-state index is 10.6. The molecule has 0 spiro atoms. The first-order chi connectivity index (χ1) is 5.05. The van der Waals surface area contributed by atoms with Gasteiger partial charge in [-0.25, -0.2) is 0 Å². The molecule has 0 bridgehead atoms. The summed E-state index contributed by atoms with van der Waals surface area (Å²) in [4.78, 5) is 10.6. The predicted molar refractivity (Wildman–Crippen MR) is 39.1 cm³/mol. The fourth-order valence-electron chi connectivity index (χ4n) is 0.889. The third-order valence-electron chi connectivity index (χ3n) is 1.73. The minimum absolute atomic E-state index is 0.449. The van der Waals surface area contributed by atoms with E-state index in [9.17, 15) is 4.79 Å². The molecular formula is C7H11NO3. The van der Waals surface area contributed by atoms with Crippen molar-refractivity contribution in [3.8, 4) is 0 Å². The van der Waals surface area contributed by atoms with Gasteiger partial charge in [-0.3, -0.25) is 4.79 Å². The van der Waals surface area contributed by atoms with Gasteiger partial charge in [-0.05, 0) is 6.92 Å². The third kappa shape index (κ3) is 1.41. The van der Waals surface area contributed by atoms with E-state index < -0.39 is 17.6 Å². The Morgan fingerprint density at radius 3 is 2.91 bits per heavy atom. The predicted octanol–water partition coefficient (Wildman–Crippen LogP) is -0.257. The molecule has 1 heterocycles. The molecule has 0 aromatic carbocycles. The van der Waals surface area contributed by atoms with Crippen LogP contribution in [-0.4, -0.2) is 29.3 Å². The summed E-state index contributed by atoms with van der Waals surface area (Å²) in [6, 6.07) is 0. The van der Waals surface area contributed by atoms with Crippen molar-refractivity contribution in [3.05, 3.63) is 12.2 Å². The molecule has 3 N–H and O–H groups in total. The van der Waals surface area contributed by atoms with Gasteiger partial charge < -0.3 is 15.6 Å². The van der Waals surface area contributed by atoms with Crippen molar-refractivity contribution < 1.29 is 14.6 Å². The van der Waals surface area contributed by atoms with E-state index in [0.29, 0.717) is 6.61 Å². The molecule has 1 aliphatic heterocycles. The first-order valence-corrected chi connectivity index (χ1v) is 3.35. The highest BCUT2D eigenvalue weighted by Crippen LogP contribution is 2.16. The number of ether oxygens (including phenoxy) is 1. The Balaban J connectivity index is 2.71. The van der Waals surface area contributed by atoms with E-state index in [1.807, 2.05) is 0 Å². The van der Waals surface area contributed by atoms with Gasteiger partial charge in [0.1, 0.15) is 11.6 Å². The summed E-state index contributed by atoms with van der Waals surface area (Å²) >= 11 is 0. The molecule has 0 aromatic rings. The van der Waals surface area contributed by atoms with Crippen LogP contribution in [0.3, 0.4) is 0 Å². The number of carboxylic acids is 1. The molecule has 0 aliphatic carbocycles. The normalized spacial score (nSPS) is 28.4. The van der Waals surface area contributed by atoms with Gasteiger partial charge in [0.2, 0.25) is 0 Å². The molecule has 1 aliphatic rings. The first-order valence-electron chi connectivity index (χ1n) is 3.35. The second kappa shape index (κ2) is 2.64. The molecule has 11 heavy (non-hydrogen) atoms. The molecule has 0 amide bonds. The Morgan fingerprint density at radius 1 is 1.91 bits per heavy atom. The van der Waals surface area contributed by atoms with Crippen molar-refractivity contribution in [1.29, 1.82) is 0 Å². The van der Waals surface area contributed by atoms with Crippen molar-refractivity contribution in [2.45, 2.75) is 18.6 Å². The highest BCUT2D eigenvalue weighted by atomic mass is 16.5. The maximum atomic E-state index is 10.6. The second-order valence-electron chi connectivity index (χ2n) is 2.77. The number of nitrogens with two attached hydrogens (primary N) is 1. The van der Waals surface area contributed by atoms with Crippen LogP contribution >= 0.6 is 0 Å². The van der Waals surface area contributed by atoms with E-state index in [2.05, 4.69) is 0 Å². The molecule has 62 valence electrons. The molecule has 0 fully saturated rings. The van der Waals surface area contributed by atoms with Crippen LogP contribution in [0, 0.1) is 0 Å². The molecule has 0 unspecified atom stereocenters. The number of aliphatic carboxylic acids is 1. The van der Waals surface area contributed by atoms with Crippen LogP contribution < -0.4 is 5.73 Å². The van der Waals surface area contributed by atoms with Gasteiger partial charge in [-0.2, -0.15) is 0 Å². The summed E-state index contributed by atoms with van der Waals surface area (Å²) in [5.41, 5.74) is 4.18. The van der Waals surface area contributed by atoms with E-state index in [1.54, 1.807) is 12.2 Å². The van der Waals surface area contributed by atoms with Crippen molar-refractivity contribution in [2.75, 3.05) is 6.61 Å². The molecule has 0 aromatic heterocycles. The summed E-state index contributed by atoms with van der Waals surface area (Å²) in [6.07, 6.45) is 2.94. The topological polar surface area (TPSA) is 72.6 Å². The smallest absolute Gasteiger partial charge is 0.326 e. The average molecular weight is 157 g/mol. The lowest BCUT2D eigenvalue weighted by Gasteiger charge is -2.24. The van der Waals surface area contributed by atoms with E-state index in [4.69, 9.17) is 15.6 Å². The second-order valence-corrected chi connectivity index (χ2v) is 2.77. The van der Waals surface area contributed by atoms with E-state index in [0.717, 1.165) is 0 Å². The lowest BCUT2D eigenvalue weighted by Crippen LogP contribution is -2.54. The fraction of sp³-hybridized carbons (Fsp3) is 0.571. The average Bonchev–Trinajstić information content (AvgIpc) is 2.37. The minimum atomic E-state index is -1.31. The van der Waals surface area contributed by atoms with Crippen LogP contribution in [0.5, 0.6) is 0 Å². The standard InChI is InChI=1S/C7H11NO3/c1-7(8,6(9)10)5-3-2-4-11-5/h2-3,5H,4,8H2,1H3,(H,9,10)/t5-,7+/m1/s1. The molecule has 4 heteroatoms. The summed E-state index contributed by atoms with van der Waals surface area (Å²) in [6.45, 7) is 1.89. The number of hydrogen-bond acceptors (Lipinski definition) is 3. The lowest BCUT2D eigenvalue weighted by atomic mass is 9.97. The van der Waals surface area contributed by atoms with E-state index in [-0.39, 0.29) is 0 Å². The van der Waals surface area contributed by atoms with Crippen LogP contribution in [-0.2, 0) is 9.53 Å². The van der Waals surface area contributed by atoms with Gasteiger partial charge in [0.05, 0.1) is 6.61 Å². The first kappa shape index (κ1) is 8.23. The molecule has 4 nitrogen and oxygen atoms in total. The summed E-state index contributed by atoms with van der Waals surface area (Å²) < 4.78 is 5.06. The Labute approximate surface area is 64.6 Å². The van der Waals surface area contributed by atoms with Crippen LogP contribution in [0.4, 0.5) is 0 Å². The highest BCUT2D eigenvalue weighted by molar-refractivity contribution is 5.79. The van der Waals surface area contributed by atoms with Gasteiger partial charge >= 0.3 is 5.97 Å². The highest BCUT2D eigenvalue weighted by Gasteiger charge is 2.38. The van der Waals surface area contributed by atoms with Crippen LogP contribution in [0.2, 0.25) is 0 Å². The van der Waals surface area contributed by atoms with Gasteiger partial charge in [-0.15, -0.1) is 0 Å². The zero-order valence-electron chi connectivity index (χ0n) is 6.28. The van der Waals surface area contributed by atoms with Gasteiger partial charge in [0.15, 0.2) is 0 Å². The number of rotatable bonds is 2. The number of carbonyl (C=O) groups is 1. The number of hydrogen-bond donors (Lipinski definition) is 2. The molecule has 1 rings (SSSR count). The molecule has 0 radical (unpaired) electrons. The van der Waals surface area contributed by atoms with Crippen molar-refractivity contribution in [1.82, 2.24) is 0 Å². The minimum Gasteiger partial charge on any atom is -0.480 e. The quantitative estimate of drug-likeness (QED) is 0.542. The molecular weight excluding hydrogens is 146 g/mol. The van der Waals surface area contributed by atoms with Gasteiger partial charge in [-0.1, -0.05) is 12.2 Å². The Kier molecular flexibility index (Phi) is 1.97. The third-order valence-corrected chi connectivity index (χ3v) is 1.73. The van der Waals surface area contributed by atoms with Gasteiger partial charge in [0.25, 0.3) is 0 Å². The van der Waals surface area contributed by atoms with Crippen molar-refractivity contribution in [3.63, 3.8) is 0 Å². The Morgan fingerprint density at radius 2 is 2.55 bits per heavy atom. The SMILES string of the molecule is C[C@@](N)(C(=O)O)[C@H]1C=CCO1. The maximum Gasteiger partial charge on any atom is 0.326 e. The van der Waals surface area contributed by atoms with Crippen molar-refractivity contribution >= 4 is 5.97 Å². The Hall–Kier alpha value is -0.870. The van der Waals surface area contributed by atoms with Crippen LogP contribution in [0.15, 0.2) is 12.2 Å². The molecule has 0 saturated heterocycles. The van der Waals surface area contributed by atoms with Gasteiger partial charge in [0, 0.05) is 0 Å². The largest absolute Gasteiger partial charge is 0.480 e. The molecule has 0 saturated carbocycles. The number of carboxylic acid groups (broad SMARTS) is 1. The van der Waals surface area contributed by atoms with E-state index in [1.165, 1.54) is 6.92 Å². The van der Waals surface area contributed by atoms with Crippen LogP contribution in [0.1, 0.15) is 6.92 Å². The summed E-state index contributed by atoms with van der Waals surface area (Å²) in [5, 5.41) is 8.66. The Bertz CT molecular complexity index is 198. The fourth-order valence-corrected chi connectivity index (χ4v) is 0.889. The van der Waals surface area contributed by atoms with E-state index >= 15 is 0 Å². The summed E-state index contributed by atoms with van der Waals surface area (Å²) in [5.74, 6) is -1.05. The zero-order chi connectivity index (χ0) is 8.48. The summed E-state index contributed by atoms with van der Waals surface area (Å²) in [7, 11) is 0. The van der Waals surface area contributed by atoms with Crippen molar-refractivity contribution in [2.24, 2.45) is 5.73 Å². The molecule has 2 atom stereocenters. The lowest BCUT2D eigenvalue weighted by molar-refractivity contribution is -0.146. The monoisotopic (exact) mass is 157 g/mol.